The van der Waals surface area contributed by atoms with E-state index in [-0.39, 0.29) is 30.9 Å². The Labute approximate surface area is 163 Å². The Kier molecular flexibility index (Phi) is 5.72. The van der Waals surface area contributed by atoms with Gasteiger partial charge in [0.15, 0.2) is 5.41 Å². The zero-order chi connectivity index (χ0) is 21.1. The number of unbranched alkanes of at least 4 members (excludes halogenated alkanes) is 1. The van der Waals surface area contributed by atoms with Crippen molar-refractivity contribution < 1.29 is 26.9 Å². The molecule has 1 N–H and O–H groups in total. The third kappa shape index (κ3) is 4.16. The summed E-state index contributed by atoms with van der Waals surface area (Å²) in [6, 6.07) is 6.38. The summed E-state index contributed by atoms with van der Waals surface area (Å²) in [5, 5.41) is 14.6. The van der Waals surface area contributed by atoms with Gasteiger partial charge in [-0.2, -0.15) is 23.4 Å². The third-order valence-corrected chi connectivity index (χ3v) is 4.76. The van der Waals surface area contributed by atoms with Gasteiger partial charge >= 0.3 is 12.2 Å². The fourth-order valence-electron chi connectivity index (χ4n) is 3.15. The molecule has 2 amide bonds. The Balaban J connectivity index is 1.81. The number of nitrogens with one attached hydrogen (secondary N) is 1. The summed E-state index contributed by atoms with van der Waals surface area (Å²) in [6.07, 6.45) is -4.54. The average molecular weight is 411 g/mol. The van der Waals surface area contributed by atoms with Gasteiger partial charge in [-0.1, -0.05) is 17.3 Å². The SMILES string of the molecule is N#CCCCNC(=O)N1CCC(c2nc(-c3cccc(F)c3)no2)(C(F)(F)F)C1. The van der Waals surface area contributed by atoms with Gasteiger partial charge in [0, 0.05) is 31.6 Å². The van der Waals surface area contributed by atoms with E-state index in [4.69, 9.17) is 9.78 Å². The second-order valence-corrected chi connectivity index (χ2v) is 6.68. The van der Waals surface area contributed by atoms with Crippen LogP contribution in [-0.2, 0) is 5.41 Å². The molecule has 0 bridgehead atoms. The van der Waals surface area contributed by atoms with Gasteiger partial charge in [0.1, 0.15) is 5.82 Å². The zero-order valence-corrected chi connectivity index (χ0v) is 15.2. The summed E-state index contributed by atoms with van der Waals surface area (Å²) in [5.41, 5.74) is -2.32. The predicted molar refractivity (Wildman–Crippen MR) is 91.9 cm³/mol. The lowest BCUT2D eigenvalue weighted by Gasteiger charge is -2.28. The molecule has 1 unspecified atom stereocenters. The average Bonchev–Trinajstić information content (AvgIpc) is 3.32. The van der Waals surface area contributed by atoms with Crippen molar-refractivity contribution in [3.63, 3.8) is 0 Å². The van der Waals surface area contributed by atoms with Crippen molar-refractivity contribution >= 4 is 6.03 Å². The van der Waals surface area contributed by atoms with Crippen molar-refractivity contribution in [2.24, 2.45) is 0 Å². The highest BCUT2D eigenvalue weighted by Crippen LogP contribution is 2.47. The molecule has 0 radical (unpaired) electrons. The molecule has 0 aliphatic carbocycles. The lowest BCUT2D eigenvalue weighted by Crippen LogP contribution is -2.47. The van der Waals surface area contributed by atoms with Gasteiger partial charge in [-0.15, -0.1) is 0 Å². The van der Waals surface area contributed by atoms with Crippen LogP contribution in [0.15, 0.2) is 28.8 Å². The number of likely N-dealkylation sites (tertiary alicyclic amines) is 1. The predicted octanol–water partition coefficient (Wildman–Crippen LogP) is 3.39. The molecule has 7 nitrogen and oxygen atoms in total. The van der Waals surface area contributed by atoms with Crippen LogP contribution in [-0.4, -0.2) is 46.9 Å². The van der Waals surface area contributed by atoms with Crippen LogP contribution < -0.4 is 5.32 Å². The van der Waals surface area contributed by atoms with Crippen molar-refractivity contribution in [2.45, 2.75) is 30.9 Å². The number of alkyl halides is 3. The summed E-state index contributed by atoms with van der Waals surface area (Å²) in [5.74, 6) is -1.41. The summed E-state index contributed by atoms with van der Waals surface area (Å²) in [4.78, 5) is 17.1. The lowest BCUT2D eigenvalue weighted by molar-refractivity contribution is -0.193. The Morgan fingerprint density at radius 3 is 2.90 bits per heavy atom. The number of hydrogen-bond acceptors (Lipinski definition) is 5. The number of rotatable bonds is 5. The topological polar surface area (TPSA) is 95.1 Å². The van der Waals surface area contributed by atoms with Gasteiger partial charge < -0.3 is 14.7 Å². The minimum absolute atomic E-state index is 0.152. The molecule has 3 rings (SSSR count). The molecule has 0 saturated carbocycles. The van der Waals surface area contributed by atoms with Crippen molar-refractivity contribution in [3.8, 4) is 17.5 Å². The molecule has 1 aliphatic rings. The maximum Gasteiger partial charge on any atom is 0.405 e. The van der Waals surface area contributed by atoms with Crippen molar-refractivity contribution in [1.29, 1.82) is 5.26 Å². The normalized spacial score (nSPS) is 19.2. The van der Waals surface area contributed by atoms with Crippen LogP contribution in [0, 0.1) is 17.1 Å². The number of carbonyl (C=O) groups is 1. The van der Waals surface area contributed by atoms with Gasteiger partial charge in [-0.3, -0.25) is 0 Å². The van der Waals surface area contributed by atoms with Gasteiger partial charge in [-0.25, -0.2) is 9.18 Å². The van der Waals surface area contributed by atoms with E-state index >= 15 is 0 Å². The van der Waals surface area contributed by atoms with Crippen molar-refractivity contribution in [2.75, 3.05) is 19.6 Å². The first kappa shape index (κ1) is 20.6. The Morgan fingerprint density at radius 1 is 1.41 bits per heavy atom. The lowest BCUT2D eigenvalue weighted by atomic mass is 9.86. The van der Waals surface area contributed by atoms with E-state index in [1.807, 2.05) is 6.07 Å². The number of urea groups is 1. The van der Waals surface area contributed by atoms with E-state index in [1.54, 1.807) is 0 Å². The third-order valence-electron chi connectivity index (χ3n) is 4.76. The summed E-state index contributed by atoms with van der Waals surface area (Å²) < 4.78 is 60.2. The number of benzene rings is 1. The van der Waals surface area contributed by atoms with E-state index in [0.717, 1.165) is 11.0 Å². The van der Waals surface area contributed by atoms with Gasteiger partial charge in [-0.05, 0) is 25.0 Å². The van der Waals surface area contributed by atoms with Crippen molar-refractivity contribution in [3.05, 3.63) is 36.0 Å². The highest BCUT2D eigenvalue weighted by atomic mass is 19.4. The number of amides is 2. The molecular formula is C18H17F4N5O2. The van der Waals surface area contributed by atoms with Crippen LogP contribution in [0.1, 0.15) is 25.2 Å². The van der Waals surface area contributed by atoms with Crippen LogP contribution in [0.4, 0.5) is 22.4 Å². The van der Waals surface area contributed by atoms with Gasteiger partial charge in [0.2, 0.25) is 11.7 Å². The summed E-state index contributed by atoms with van der Waals surface area (Å²) >= 11 is 0. The first-order valence-corrected chi connectivity index (χ1v) is 8.83. The number of hydrogen-bond donors (Lipinski definition) is 1. The standard InChI is InChI=1S/C18H17F4N5O2/c19-13-5-3-4-12(10-13)14-25-15(29-26-14)17(18(20,21)22)6-9-27(11-17)16(28)24-8-2-1-7-23/h3-5,10H,1-2,6,8-9,11H2,(H,24,28). The molecule has 0 spiro atoms. The first-order valence-electron chi connectivity index (χ1n) is 8.83. The molecule has 2 aromatic rings. The zero-order valence-electron chi connectivity index (χ0n) is 15.2. The van der Waals surface area contributed by atoms with E-state index in [0.29, 0.717) is 6.42 Å². The largest absolute Gasteiger partial charge is 0.405 e. The van der Waals surface area contributed by atoms with Crippen LogP contribution in [0.2, 0.25) is 0 Å². The molecule has 1 atom stereocenters. The Morgan fingerprint density at radius 2 is 2.21 bits per heavy atom. The Bertz CT molecular complexity index is 923. The molecule has 1 aliphatic heterocycles. The van der Waals surface area contributed by atoms with Crippen molar-refractivity contribution in [1.82, 2.24) is 20.4 Å². The molecule has 1 aromatic heterocycles. The van der Waals surface area contributed by atoms with E-state index < -0.39 is 42.3 Å². The fraction of sp³-hybridized carbons (Fsp3) is 0.444. The second kappa shape index (κ2) is 8.06. The smallest absolute Gasteiger partial charge is 0.338 e. The minimum atomic E-state index is -4.74. The quantitative estimate of drug-likeness (QED) is 0.601. The molecule has 2 heterocycles. The number of nitrogens with zero attached hydrogens (tertiary/aromatic N) is 4. The number of halogens is 4. The second-order valence-electron chi connectivity index (χ2n) is 6.68. The molecule has 1 fully saturated rings. The van der Waals surface area contributed by atoms with Crippen LogP contribution in [0.5, 0.6) is 0 Å². The number of carbonyl (C=O) groups excluding carboxylic acids is 1. The minimum Gasteiger partial charge on any atom is -0.338 e. The Hall–Kier alpha value is -3.16. The molecular weight excluding hydrogens is 394 g/mol. The summed E-state index contributed by atoms with van der Waals surface area (Å²) in [7, 11) is 0. The maximum atomic E-state index is 14.0. The highest BCUT2D eigenvalue weighted by Gasteiger charge is 2.63. The molecule has 1 aromatic carbocycles. The maximum absolute atomic E-state index is 14.0. The van der Waals surface area contributed by atoms with E-state index in [9.17, 15) is 22.4 Å². The first-order chi connectivity index (χ1) is 13.8. The van der Waals surface area contributed by atoms with Crippen LogP contribution >= 0.6 is 0 Å². The monoisotopic (exact) mass is 411 g/mol. The van der Waals surface area contributed by atoms with E-state index in [2.05, 4.69) is 15.5 Å². The summed E-state index contributed by atoms with van der Waals surface area (Å²) in [6.45, 7) is -0.640. The fourth-order valence-corrected chi connectivity index (χ4v) is 3.15. The highest BCUT2D eigenvalue weighted by molar-refractivity contribution is 5.74. The van der Waals surface area contributed by atoms with Gasteiger partial charge in [0.05, 0.1) is 6.07 Å². The van der Waals surface area contributed by atoms with E-state index in [1.165, 1.54) is 18.2 Å². The number of nitriles is 1. The molecule has 1 saturated heterocycles. The van der Waals surface area contributed by atoms with Crippen LogP contribution in [0.3, 0.4) is 0 Å². The molecule has 154 valence electrons. The van der Waals surface area contributed by atoms with Gasteiger partial charge in [0.25, 0.3) is 0 Å². The molecule has 29 heavy (non-hydrogen) atoms. The van der Waals surface area contributed by atoms with Crippen LogP contribution in [0.25, 0.3) is 11.4 Å². The number of aromatic nitrogens is 2. The molecule has 11 heteroatoms.